The minimum atomic E-state index is 0.231. The molecule has 0 aromatic carbocycles. The van der Waals surface area contributed by atoms with Crippen molar-refractivity contribution in [2.75, 3.05) is 0 Å². The molecule has 0 saturated carbocycles. The van der Waals surface area contributed by atoms with Crippen molar-refractivity contribution >= 4 is 27.3 Å². The van der Waals surface area contributed by atoms with Gasteiger partial charge in [0.25, 0.3) is 0 Å². The quantitative estimate of drug-likeness (QED) is 0.712. The number of halogens is 1. The van der Waals surface area contributed by atoms with Crippen LogP contribution in [0.5, 0.6) is 0 Å². The van der Waals surface area contributed by atoms with E-state index in [1.54, 1.807) is 11.3 Å². The van der Waals surface area contributed by atoms with Crippen LogP contribution in [0.1, 0.15) is 57.1 Å². The van der Waals surface area contributed by atoms with Crippen LogP contribution < -0.4 is 5.73 Å². The highest BCUT2D eigenvalue weighted by atomic mass is 79.9. The maximum absolute atomic E-state index is 6.11. The van der Waals surface area contributed by atoms with Crippen LogP contribution in [-0.2, 0) is 0 Å². The summed E-state index contributed by atoms with van der Waals surface area (Å²) in [6.07, 6.45) is 7.73. The van der Waals surface area contributed by atoms with Gasteiger partial charge in [0, 0.05) is 6.04 Å². The van der Waals surface area contributed by atoms with E-state index in [1.807, 2.05) is 0 Å². The van der Waals surface area contributed by atoms with E-state index in [0.29, 0.717) is 0 Å². The molecule has 0 spiro atoms. The number of nitrogens with two attached hydrogens (primary N) is 1. The van der Waals surface area contributed by atoms with Gasteiger partial charge in [-0.05, 0) is 39.4 Å². The molecule has 0 fully saturated rings. The molecular formula is C12H20BrNS. The summed E-state index contributed by atoms with van der Waals surface area (Å²) < 4.78 is 1.18. The zero-order valence-electron chi connectivity index (χ0n) is 9.34. The first-order chi connectivity index (χ1) is 7.24. The Labute approximate surface area is 105 Å². The zero-order valence-corrected chi connectivity index (χ0v) is 11.7. The highest BCUT2D eigenvalue weighted by Crippen LogP contribution is 2.26. The average molecular weight is 290 g/mol. The Morgan fingerprint density at radius 3 is 2.67 bits per heavy atom. The van der Waals surface area contributed by atoms with Crippen LogP contribution >= 0.6 is 27.3 Å². The summed E-state index contributed by atoms with van der Waals surface area (Å²) in [5, 5.41) is 2.15. The molecular weight excluding hydrogens is 270 g/mol. The van der Waals surface area contributed by atoms with Gasteiger partial charge in [-0.3, -0.25) is 0 Å². The van der Waals surface area contributed by atoms with E-state index in [2.05, 4.69) is 34.3 Å². The van der Waals surface area contributed by atoms with Gasteiger partial charge in [0.05, 0.1) is 3.79 Å². The van der Waals surface area contributed by atoms with E-state index >= 15 is 0 Å². The van der Waals surface area contributed by atoms with Crippen LogP contribution in [0, 0.1) is 0 Å². The fourth-order valence-electron chi connectivity index (χ4n) is 1.65. The van der Waals surface area contributed by atoms with Crippen LogP contribution in [0.15, 0.2) is 15.2 Å². The molecule has 0 aliphatic rings. The highest BCUT2D eigenvalue weighted by Gasteiger charge is 2.07. The SMILES string of the molecule is CCCCCCCC(N)c1csc(Br)c1. The minimum Gasteiger partial charge on any atom is -0.324 e. The first-order valence-corrected chi connectivity index (χ1v) is 7.40. The fourth-order valence-corrected chi connectivity index (χ4v) is 2.89. The molecule has 0 aliphatic carbocycles. The lowest BCUT2D eigenvalue weighted by Gasteiger charge is -2.09. The largest absolute Gasteiger partial charge is 0.324 e. The summed E-state index contributed by atoms with van der Waals surface area (Å²) in [5.74, 6) is 0. The zero-order chi connectivity index (χ0) is 11.1. The molecule has 1 aromatic rings. The molecule has 2 N–H and O–H groups in total. The van der Waals surface area contributed by atoms with E-state index in [4.69, 9.17) is 5.73 Å². The lowest BCUT2D eigenvalue weighted by Crippen LogP contribution is -2.08. The van der Waals surface area contributed by atoms with Gasteiger partial charge in [0.2, 0.25) is 0 Å². The van der Waals surface area contributed by atoms with Gasteiger partial charge < -0.3 is 5.73 Å². The molecule has 1 rings (SSSR count). The minimum absolute atomic E-state index is 0.231. The lowest BCUT2D eigenvalue weighted by atomic mass is 10.0. The predicted molar refractivity (Wildman–Crippen MR) is 72.3 cm³/mol. The number of hydrogen-bond donors (Lipinski definition) is 1. The van der Waals surface area contributed by atoms with Gasteiger partial charge in [-0.25, -0.2) is 0 Å². The number of hydrogen-bond acceptors (Lipinski definition) is 2. The number of thiophene rings is 1. The van der Waals surface area contributed by atoms with E-state index < -0.39 is 0 Å². The van der Waals surface area contributed by atoms with Gasteiger partial charge in [-0.2, -0.15) is 0 Å². The van der Waals surface area contributed by atoms with Gasteiger partial charge in [-0.15, -0.1) is 11.3 Å². The Bertz CT molecular complexity index is 272. The monoisotopic (exact) mass is 289 g/mol. The second kappa shape index (κ2) is 7.42. The van der Waals surface area contributed by atoms with Crippen LogP contribution in [0.25, 0.3) is 0 Å². The second-order valence-electron chi connectivity index (χ2n) is 3.99. The van der Waals surface area contributed by atoms with Crippen molar-refractivity contribution in [2.24, 2.45) is 5.73 Å². The molecule has 1 atom stereocenters. The smallest absolute Gasteiger partial charge is 0.0701 e. The maximum Gasteiger partial charge on any atom is 0.0701 e. The first-order valence-electron chi connectivity index (χ1n) is 5.73. The summed E-state index contributed by atoms with van der Waals surface area (Å²) in [6.45, 7) is 2.24. The molecule has 0 bridgehead atoms. The van der Waals surface area contributed by atoms with E-state index in [9.17, 15) is 0 Å². The van der Waals surface area contributed by atoms with Crippen LogP contribution in [0.2, 0.25) is 0 Å². The molecule has 1 nitrogen and oxygen atoms in total. The van der Waals surface area contributed by atoms with E-state index in [1.165, 1.54) is 41.5 Å². The normalized spacial score (nSPS) is 13.0. The van der Waals surface area contributed by atoms with Crippen molar-refractivity contribution in [2.45, 2.75) is 51.5 Å². The van der Waals surface area contributed by atoms with Crippen LogP contribution in [0.4, 0.5) is 0 Å². The number of rotatable bonds is 7. The molecule has 15 heavy (non-hydrogen) atoms. The van der Waals surface area contributed by atoms with Gasteiger partial charge in [0.15, 0.2) is 0 Å². The Kier molecular flexibility index (Phi) is 6.53. The Hall–Kier alpha value is 0.140. The van der Waals surface area contributed by atoms with Crippen molar-refractivity contribution in [3.05, 3.63) is 20.8 Å². The van der Waals surface area contributed by atoms with E-state index in [-0.39, 0.29) is 6.04 Å². The summed E-state index contributed by atoms with van der Waals surface area (Å²) in [6, 6.07) is 2.37. The van der Waals surface area contributed by atoms with E-state index in [0.717, 1.165) is 6.42 Å². The van der Waals surface area contributed by atoms with Gasteiger partial charge in [0.1, 0.15) is 0 Å². The first kappa shape index (κ1) is 13.2. The van der Waals surface area contributed by atoms with Crippen LogP contribution in [0.3, 0.4) is 0 Å². The highest BCUT2D eigenvalue weighted by molar-refractivity contribution is 9.11. The molecule has 86 valence electrons. The van der Waals surface area contributed by atoms with Gasteiger partial charge >= 0.3 is 0 Å². The topological polar surface area (TPSA) is 26.0 Å². The standard InChI is InChI=1S/C12H20BrNS/c1-2-3-4-5-6-7-11(14)10-8-12(13)15-9-10/h8-9,11H,2-7,14H2,1H3. The summed E-state index contributed by atoms with van der Waals surface area (Å²) in [7, 11) is 0. The molecule has 0 saturated heterocycles. The lowest BCUT2D eigenvalue weighted by molar-refractivity contribution is 0.556. The fraction of sp³-hybridized carbons (Fsp3) is 0.667. The van der Waals surface area contributed by atoms with Crippen molar-refractivity contribution < 1.29 is 0 Å². The molecule has 1 unspecified atom stereocenters. The Morgan fingerprint density at radius 2 is 2.07 bits per heavy atom. The summed E-state index contributed by atoms with van der Waals surface area (Å²) in [4.78, 5) is 0. The van der Waals surface area contributed by atoms with Crippen LogP contribution in [-0.4, -0.2) is 0 Å². The summed E-state index contributed by atoms with van der Waals surface area (Å²) >= 11 is 5.18. The second-order valence-corrected chi connectivity index (χ2v) is 6.28. The molecule has 1 heterocycles. The average Bonchev–Trinajstić information content (AvgIpc) is 2.64. The van der Waals surface area contributed by atoms with Crippen molar-refractivity contribution in [3.63, 3.8) is 0 Å². The Balaban J connectivity index is 2.16. The third kappa shape index (κ3) is 5.14. The van der Waals surface area contributed by atoms with Crippen molar-refractivity contribution in [1.29, 1.82) is 0 Å². The number of unbranched alkanes of at least 4 members (excludes halogenated alkanes) is 4. The van der Waals surface area contributed by atoms with Gasteiger partial charge in [-0.1, -0.05) is 39.0 Å². The van der Waals surface area contributed by atoms with Crippen molar-refractivity contribution in [1.82, 2.24) is 0 Å². The molecule has 0 radical (unpaired) electrons. The molecule has 1 aromatic heterocycles. The molecule has 0 amide bonds. The Morgan fingerprint density at radius 1 is 1.33 bits per heavy atom. The third-order valence-electron chi connectivity index (χ3n) is 2.63. The third-order valence-corrected chi connectivity index (χ3v) is 4.16. The predicted octanol–water partition coefficient (Wildman–Crippen LogP) is 4.87. The summed E-state index contributed by atoms with van der Waals surface area (Å²) in [5.41, 5.74) is 7.39. The maximum atomic E-state index is 6.11. The van der Waals surface area contributed by atoms with Crippen molar-refractivity contribution in [3.8, 4) is 0 Å². The molecule has 3 heteroatoms. The molecule has 0 aliphatic heterocycles.